The highest BCUT2D eigenvalue weighted by Gasteiger charge is 2.14. The SMILES string of the molecule is COc1ccc2cc(C(=O)Nc3ccc(Cl)cc3F)c(C)nc2c1. The number of carbonyl (C=O) groups is 1. The van der Waals surface area contributed by atoms with E-state index in [1.807, 2.05) is 6.07 Å². The monoisotopic (exact) mass is 344 g/mol. The van der Waals surface area contributed by atoms with Gasteiger partial charge < -0.3 is 10.1 Å². The minimum Gasteiger partial charge on any atom is -0.497 e. The zero-order valence-corrected chi connectivity index (χ0v) is 13.8. The van der Waals surface area contributed by atoms with Crippen LogP contribution in [-0.2, 0) is 0 Å². The number of aromatic nitrogens is 1. The number of methoxy groups -OCH3 is 1. The molecule has 2 aromatic carbocycles. The van der Waals surface area contributed by atoms with Crippen LogP contribution in [0.3, 0.4) is 0 Å². The van der Waals surface area contributed by atoms with Crippen LogP contribution in [0.5, 0.6) is 5.75 Å². The smallest absolute Gasteiger partial charge is 0.257 e. The lowest BCUT2D eigenvalue weighted by Gasteiger charge is -2.10. The van der Waals surface area contributed by atoms with Gasteiger partial charge in [-0.2, -0.15) is 0 Å². The molecule has 1 aromatic heterocycles. The Balaban J connectivity index is 1.96. The quantitative estimate of drug-likeness (QED) is 0.755. The van der Waals surface area contributed by atoms with E-state index in [1.165, 1.54) is 12.1 Å². The summed E-state index contributed by atoms with van der Waals surface area (Å²) >= 11 is 5.71. The fraction of sp³-hybridized carbons (Fsp3) is 0.111. The van der Waals surface area contributed by atoms with Gasteiger partial charge in [0.05, 0.1) is 29.6 Å². The van der Waals surface area contributed by atoms with Crippen LogP contribution in [0, 0.1) is 12.7 Å². The third-order valence-electron chi connectivity index (χ3n) is 3.64. The zero-order chi connectivity index (χ0) is 17.3. The molecular weight excluding hydrogens is 331 g/mol. The van der Waals surface area contributed by atoms with Crippen LogP contribution in [0.4, 0.5) is 10.1 Å². The molecule has 0 fully saturated rings. The van der Waals surface area contributed by atoms with E-state index in [1.54, 1.807) is 32.2 Å². The molecule has 122 valence electrons. The highest BCUT2D eigenvalue weighted by Crippen LogP contribution is 2.23. The summed E-state index contributed by atoms with van der Waals surface area (Å²) in [7, 11) is 1.58. The second-order valence-electron chi connectivity index (χ2n) is 5.26. The molecular formula is C18H14ClFN2O2. The van der Waals surface area contributed by atoms with E-state index >= 15 is 0 Å². The van der Waals surface area contributed by atoms with E-state index in [-0.39, 0.29) is 10.7 Å². The van der Waals surface area contributed by atoms with Crippen molar-refractivity contribution < 1.29 is 13.9 Å². The summed E-state index contributed by atoms with van der Waals surface area (Å²) in [6, 6.07) is 11.2. The summed E-state index contributed by atoms with van der Waals surface area (Å²) in [4.78, 5) is 16.9. The number of nitrogens with one attached hydrogen (secondary N) is 1. The molecule has 3 aromatic rings. The molecule has 0 saturated carbocycles. The first-order valence-corrected chi connectivity index (χ1v) is 7.57. The molecule has 1 heterocycles. The highest BCUT2D eigenvalue weighted by molar-refractivity contribution is 6.30. The number of hydrogen-bond acceptors (Lipinski definition) is 3. The summed E-state index contributed by atoms with van der Waals surface area (Å²) in [5.74, 6) is -0.333. The first kappa shape index (κ1) is 16.2. The van der Waals surface area contributed by atoms with Crippen LogP contribution in [-0.4, -0.2) is 18.0 Å². The number of amides is 1. The number of halogens is 2. The van der Waals surface area contributed by atoms with Crippen molar-refractivity contribution in [3.8, 4) is 5.75 Å². The number of aryl methyl sites for hydroxylation is 1. The second kappa shape index (κ2) is 6.45. The topological polar surface area (TPSA) is 51.2 Å². The van der Waals surface area contributed by atoms with Crippen LogP contribution in [0.15, 0.2) is 42.5 Å². The molecule has 0 unspecified atom stereocenters. The second-order valence-corrected chi connectivity index (χ2v) is 5.69. The van der Waals surface area contributed by atoms with Gasteiger partial charge in [0.1, 0.15) is 11.6 Å². The Morgan fingerprint density at radius 1 is 1.21 bits per heavy atom. The normalized spacial score (nSPS) is 10.7. The maximum atomic E-state index is 13.8. The molecule has 1 N–H and O–H groups in total. The molecule has 4 nitrogen and oxygen atoms in total. The maximum Gasteiger partial charge on any atom is 0.257 e. The summed E-state index contributed by atoms with van der Waals surface area (Å²) in [5.41, 5.74) is 1.71. The van der Waals surface area contributed by atoms with Crippen molar-refractivity contribution in [2.45, 2.75) is 6.92 Å². The number of anilines is 1. The van der Waals surface area contributed by atoms with Gasteiger partial charge in [-0.05, 0) is 43.3 Å². The molecule has 0 aliphatic carbocycles. The van der Waals surface area contributed by atoms with Gasteiger partial charge in [-0.25, -0.2) is 4.39 Å². The lowest BCUT2D eigenvalue weighted by atomic mass is 10.1. The standard InChI is InChI=1S/C18H14ClFN2O2/c1-10-14(7-11-3-5-13(24-2)9-17(11)21-10)18(23)22-16-6-4-12(19)8-15(16)20/h3-9H,1-2H3,(H,22,23). The van der Waals surface area contributed by atoms with Crippen LogP contribution in [0.2, 0.25) is 5.02 Å². The predicted octanol–water partition coefficient (Wildman–Crippen LogP) is 4.60. The molecule has 0 saturated heterocycles. The minimum absolute atomic E-state index is 0.0682. The first-order chi connectivity index (χ1) is 11.5. The van der Waals surface area contributed by atoms with E-state index in [9.17, 15) is 9.18 Å². The van der Waals surface area contributed by atoms with Crippen molar-refractivity contribution in [2.75, 3.05) is 12.4 Å². The van der Waals surface area contributed by atoms with E-state index in [2.05, 4.69) is 10.3 Å². The number of benzene rings is 2. The van der Waals surface area contributed by atoms with E-state index in [0.717, 1.165) is 17.0 Å². The third-order valence-corrected chi connectivity index (χ3v) is 3.87. The largest absolute Gasteiger partial charge is 0.497 e. The summed E-state index contributed by atoms with van der Waals surface area (Å²) < 4.78 is 19.0. The molecule has 0 spiro atoms. The molecule has 1 amide bonds. The molecule has 0 bridgehead atoms. The fourth-order valence-electron chi connectivity index (χ4n) is 2.38. The molecule has 0 radical (unpaired) electrons. The number of carbonyl (C=O) groups excluding carboxylic acids is 1. The lowest BCUT2D eigenvalue weighted by Crippen LogP contribution is -2.15. The van der Waals surface area contributed by atoms with Gasteiger partial charge in [-0.1, -0.05) is 11.6 Å². The van der Waals surface area contributed by atoms with Crippen molar-refractivity contribution in [2.24, 2.45) is 0 Å². The van der Waals surface area contributed by atoms with Gasteiger partial charge >= 0.3 is 0 Å². The van der Waals surface area contributed by atoms with E-state index in [4.69, 9.17) is 16.3 Å². The van der Waals surface area contributed by atoms with Crippen LogP contribution >= 0.6 is 11.6 Å². The third kappa shape index (κ3) is 3.16. The number of rotatable bonds is 3. The fourth-order valence-corrected chi connectivity index (χ4v) is 2.54. The van der Waals surface area contributed by atoms with Crippen molar-refractivity contribution >= 4 is 34.1 Å². The minimum atomic E-state index is -0.591. The zero-order valence-electron chi connectivity index (χ0n) is 13.1. The molecule has 0 atom stereocenters. The summed E-state index contributed by atoms with van der Waals surface area (Å²) in [5, 5.41) is 3.61. The number of pyridine rings is 1. The van der Waals surface area contributed by atoms with Crippen molar-refractivity contribution in [3.05, 3.63) is 64.6 Å². The van der Waals surface area contributed by atoms with Crippen LogP contribution in [0.1, 0.15) is 16.1 Å². The van der Waals surface area contributed by atoms with Crippen LogP contribution in [0.25, 0.3) is 10.9 Å². The van der Waals surface area contributed by atoms with Gasteiger partial charge in [0, 0.05) is 16.5 Å². The maximum absolute atomic E-state index is 13.8. The lowest BCUT2D eigenvalue weighted by molar-refractivity contribution is 0.102. The molecule has 6 heteroatoms. The molecule has 24 heavy (non-hydrogen) atoms. The van der Waals surface area contributed by atoms with E-state index in [0.29, 0.717) is 17.0 Å². The number of hydrogen-bond donors (Lipinski definition) is 1. The Kier molecular flexibility index (Phi) is 4.36. The van der Waals surface area contributed by atoms with Gasteiger partial charge in [0.25, 0.3) is 5.91 Å². The van der Waals surface area contributed by atoms with Crippen LogP contribution < -0.4 is 10.1 Å². The summed E-state index contributed by atoms with van der Waals surface area (Å²) in [6.07, 6.45) is 0. The van der Waals surface area contributed by atoms with Gasteiger partial charge in [-0.15, -0.1) is 0 Å². The average molecular weight is 345 g/mol. The Labute approximate surface area is 143 Å². The van der Waals surface area contributed by atoms with Gasteiger partial charge in [0.15, 0.2) is 0 Å². The Morgan fingerprint density at radius 3 is 2.71 bits per heavy atom. The predicted molar refractivity (Wildman–Crippen MR) is 92.4 cm³/mol. The number of ether oxygens (including phenoxy) is 1. The average Bonchev–Trinajstić information content (AvgIpc) is 2.56. The molecule has 3 rings (SSSR count). The van der Waals surface area contributed by atoms with Gasteiger partial charge in [-0.3, -0.25) is 9.78 Å². The van der Waals surface area contributed by atoms with Crippen molar-refractivity contribution in [3.63, 3.8) is 0 Å². The van der Waals surface area contributed by atoms with Crippen molar-refractivity contribution in [1.82, 2.24) is 4.98 Å². The first-order valence-electron chi connectivity index (χ1n) is 7.20. The number of nitrogens with zero attached hydrogens (tertiary/aromatic N) is 1. The Hall–Kier alpha value is -2.66. The van der Waals surface area contributed by atoms with Gasteiger partial charge in [0.2, 0.25) is 0 Å². The van der Waals surface area contributed by atoms with Crippen molar-refractivity contribution in [1.29, 1.82) is 0 Å². The molecule has 0 aliphatic heterocycles. The highest BCUT2D eigenvalue weighted by atomic mass is 35.5. The Bertz CT molecular complexity index is 944. The molecule has 0 aliphatic rings. The van der Waals surface area contributed by atoms with E-state index < -0.39 is 11.7 Å². The number of fused-ring (bicyclic) bond motifs is 1. The summed E-state index contributed by atoms with van der Waals surface area (Å²) in [6.45, 7) is 1.73. The Morgan fingerprint density at radius 2 is 2.00 bits per heavy atom.